The van der Waals surface area contributed by atoms with E-state index in [0.717, 1.165) is 18.4 Å². The van der Waals surface area contributed by atoms with Gasteiger partial charge in [0.15, 0.2) is 11.6 Å². The maximum atomic E-state index is 14.1. The zero-order valence-corrected chi connectivity index (χ0v) is 12.5. The minimum Gasteiger partial charge on any atom is -0.485 e. The normalized spacial score (nSPS) is 16.6. The van der Waals surface area contributed by atoms with Gasteiger partial charge in [0.1, 0.15) is 5.60 Å². The van der Waals surface area contributed by atoms with Gasteiger partial charge in [-0.2, -0.15) is 5.26 Å². The Morgan fingerprint density at radius 2 is 2.15 bits per heavy atom. The maximum Gasteiger partial charge on any atom is 0.183 e. The number of nitrogens with zero attached hydrogens (tertiary/aromatic N) is 2. The summed E-state index contributed by atoms with van der Waals surface area (Å²) in [4.78, 5) is 4.19. The summed E-state index contributed by atoms with van der Waals surface area (Å²) < 4.78 is 19.8. The minimum atomic E-state index is -0.481. The van der Waals surface area contributed by atoms with E-state index in [1.54, 1.807) is 0 Å². The largest absolute Gasteiger partial charge is 0.485 e. The minimum absolute atomic E-state index is 0.243. The topological polar surface area (TPSA) is 45.9 Å². The molecule has 0 saturated heterocycles. The van der Waals surface area contributed by atoms with E-state index in [-0.39, 0.29) is 11.7 Å². The molecule has 0 amide bonds. The van der Waals surface area contributed by atoms with Gasteiger partial charge in [-0.25, -0.2) is 4.39 Å². The van der Waals surface area contributed by atoms with Crippen molar-refractivity contribution in [2.24, 2.45) is 5.92 Å². The number of aromatic nitrogens is 1. The van der Waals surface area contributed by atoms with E-state index in [4.69, 9.17) is 4.74 Å². The zero-order chi connectivity index (χ0) is 14.9. The van der Waals surface area contributed by atoms with Crippen LogP contribution in [0.1, 0.15) is 57.7 Å². The Morgan fingerprint density at radius 3 is 2.60 bits per heavy atom. The van der Waals surface area contributed by atoms with Crippen molar-refractivity contribution in [1.29, 1.82) is 5.26 Å². The molecule has 1 aromatic heterocycles. The summed E-state index contributed by atoms with van der Waals surface area (Å²) >= 11 is 0. The highest BCUT2D eigenvalue weighted by atomic mass is 19.1. The second kappa shape index (κ2) is 5.40. The number of nitriles is 1. The predicted molar refractivity (Wildman–Crippen MR) is 75.0 cm³/mol. The molecular weight excluding hydrogens is 255 g/mol. The Hall–Kier alpha value is -1.63. The average molecular weight is 276 g/mol. The number of halogens is 1. The lowest BCUT2D eigenvalue weighted by Gasteiger charge is -2.25. The molecule has 1 saturated carbocycles. The third-order valence-electron chi connectivity index (χ3n) is 3.41. The fourth-order valence-electron chi connectivity index (χ4n) is 2.37. The summed E-state index contributed by atoms with van der Waals surface area (Å²) in [5, 5.41) is 9.38. The van der Waals surface area contributed by atoms with Gasteiger partial charge in [-0.05, 0) is 46.0 Å². The van der Waals surface area contributed by atoms with Crippen molar-refractivity contribution in [2.45, 2.75) is 58.5 Å². The van der Waals surface area contributed by atoms with Gasteiger partial charge >= 0.3 is 0 Å². The molecule has 20 heavy (non-hydrogen) atoms. The molecule has 1 heterocycles. The molecule has 108 valence electrons. The van der Waals surface area contributed by atoms with Gasteiger partial charge in [0, 0.05) is 5.56 Å². The fraction of sp³-hybridized carbons (Fsp3) is 0.625. The monoisotopic (exact) mass is 276 g/mol. The molecule has 1 aliphatic carbocycles. The number of ether oxygens (including phenoxy) is 1. The molecule has 4 heteroatoms. The van der Waals surface area contributed by atoms with E-state index in [1.165, 1.54) is 6.20 Å². The first-order valence-corrected chi connectivity index (χ1v) is 7.13. The molecule has 0 spiro atoms. The van der Waals surface area contributed by atoms with Crippen LogP contribution >= 0.6 is 0 Å². The van der Waals surface area contributed by atoms with Crippen molar-refractivity contribution in [3.8, 4) is 11.8 Å². The van der Waals surface area contributed by atoms with Gasteiger partial charge in [-0.3, -0.25) is 4.98 Å². The van der Waals surface area contributed by atoms with Crippen LogP contribution in [0.4, 0.5) is 4.39 Å². The van der Waals surface area contributed by atoms with Gasteiger partial charge in [0.25, 0.3) is 0 Å². The lowest BCUT2D eigenvalue weighted by atomic mass is 9.94. The predicted octanol–water partition coefficient (Wildman–Crippen LogP) is 3.98. The highest BCUT2D eigenvalue weighted by Crippen LogP contribution is 2.44. The summed E-state index contributed by atoms with van der Waals surface area (Å²) in [6.07, 6.45) is 3.89. The molecule has 1 fully saturated rings. The lowest BCUT2D eigenvalue weighted by Crippen LogP contribution is -2.25. The molecule has 2 rings (SSSR count). The van der Waals surface area contributed by atoms with Gasteiger partial charge < -0.3 is 4.74 Å². The molecule has 0 aliphatic heterocycles. The van der Waals surface area contributed by atoms with Crippen LogP contribution in [0.15, 0.2) is 6.20 Å². The van der Waals surface area contributed by atoms with Gasteiger partial charge in [0.05, 0.1) is 23.9 Å². The molecule has 1 unspecified atom stereocenters. The second-order valence-corrected chi connectivity index (χ2v) is 6.31. The molecule has 1 aromatic rings. The lowest BCUT2D eigenvalue weighted by molar-refractivity contribution is 0.122. The molecule has 0 bridgehead atoms. The average Bonchev–Trinajstić information content (AvgIpc) is 3.17. The molecule has 0 N–H and O–H groups in total. The number of pyridine rings is 1. The van der Waals surface area contributed by atoms with Crippen LogP contribution in [-0.2, 0) is 6.42 Å². The molecule has 1 atom stereocenters. The van der Waals surface area contributed by atoms with Crippen LogP contribution in [-0.4, -0.2) is 10.6 Å². The highest BCUT2D eigenvalue weighted by molar-refractivity contribution is 5.41. The molecule has 0 aromatic carbocycles. The third kappa shape index (κ3) is 3.09. The van der Waals surface area contributed by atoms with Crippen molar-refractivity contribution in [3.05, 3.63) is 23.3 Å². The Labute approximate surface area is 119 Å². The SMILES string of the molecule is CCc1c(C(C#N)C2CC2)ncc(F)c1OC(C)(C)C. The third-order valence-corrected chi connectivity index (χ3v) is 3.41. The van der Waals surface area contributed by atoms with E-state index in [0.29, 0.717) is 18.0 Å². The van der Waals surface area contributed by atoms with Crippen molar-refractivity contribution in [2.75, 3.05) is 0 Å². The zero-order valence-electron chi connectivity index (χ0n) is 12.5. The Kier molecular flexibility index (Phi) is 3.99. The van der Waals surface area contributed by atoms with Gasteiger partial charge in [-0.1, -0.05) is 6.92 Å². The van der Waals surface area contributed by atoms with Crippen molar-refractivity contribution in [1.82, 2.24) is 4.98 Å². The first-order chi connectivity index (χ1) is 9.37. The quantitative estimate of drug-likeness (QED) is 0.835. The summed E-state index contributed by atoms with van der Waals surface area (Å²) in [7, 11) is 0. The van der Waals surface area contributed by atoms with Crippen molar-refractivity contribution < 1.29 is 9.13 Å². The van der Waals surface area contributed by atoms with Crippen LogP contribution in [0.3, 0.4) is 0 Å². The number of hydrogen-bond acceptors (Lipinski definition) is 3. The van der Waals surface area contributed by atoms with Crippen LogP contribution in [0.2, 0.25) is 0 Å². The van der Waals surface area contributed by atoms with E-state index < -0.39 is 11.4 Å². The summed E-state index contributed by atoms with van der Waals surface area (Å²) in [6.45, 7) is 7.59. The van der Waals surface area contributed by atoms with Gasteiger partial charge in [0.2, 0.25) is 0 Å². The molecule has 3 nitrogen and oxygen atoms in total. The second-order valence-electron chi connectivity index (χ2n) is 6.31. The summed E-state index contributed by atoms with van der Waals surface area (Å²) in [5.74, 6) is -0.0717. The van der Waals surface area contributed by atoms with Crippen molar-refractivity contribution >= 4 is 0 Å². The van der Waals surface area contributed by atoms with Crippen LogP contribution in [0.25, 0.3) is 0 Å². The van der Waals surface area contributed by atoms with E-state index >= 15 is 0 Å². The molecular formula is C16H21FN2O. The standard InChI is InChI=1S/C16H21FN2O/c1-5-11-14(12(8-18)10-6-7-10)19-9-13(17)15(11)20-16(2,3)4/h9-10,12H,5-7H2,1-4H3. The highest BCUT2D eigenvalue weighted by Gasteiger charge is 2.36. The molecule has 1 aliphatic rings. The first kappa shape index (κ1) is 14.8. The Bertz CT molecular complexity index is 539. The van der Waals surface area contributed by atoms with E-state index in [2.05, 4.69) is 11.1 Å². The fourth-order valence-corrected chi connectivity index (χ4v) is 2.37. The number of hydrogen-bond donors (Lipinski definition) is 0. The summed E-state index contributed by atoms with van der Waals surface area (Å²) in [5.41, 5.74) is 0.946. The summed E-state index contributed by atoms with van der Waals surface area (Å²) in [6, 6.07) is 2.32. The van der Waals surface area contributed by atoms with Gasteiger partial charge in [-0.15, -0.1) is 0 Å². The smallest absolute Gasteiger partial charge is 0.183 e. The van der Waals surface area contributed by atoms with E-state index in [9.17, 15) is 9.65 Å². The van der Waals surface area contributed by atoms with Crippen LogP contribution in [0, 0.1) is 23.1 Å². The molecule has 0 radical (unpaired) electrons. The van der Waals surface area contributed by atoms with E-state index in [1.807, 2.05) is 27.7 Å². The van der Waals surface area contributed by atoms with Crippen LogP contribution < -0.4 is 4.74 Å². The number of rotatable bonds is 4. The first-order valence-electron chi connectivity index (χ1n) is 7.13. The maximum absolute atomic E-state index is 14.1. The Morgan fingerprint density at radius 1 is 1.50 bits per heavy atom. The van der Waals surface area contributed by atoms with Crippen LogP contribution in [0.5, 0.6) is 5.75 Å². The Balaban J connectivity index is 2.48. The van der Waals surface area contributed by atoms with Crippen molar-refractivity contribution in [3.63, 3.8) is 0 Å².